The first-order chi connectivity index (χ1) is 7.94. The van der Waals surface area contributed by atoms with Gasteiger partial charge in [0.1, 0.15) is 6.04 Å². The van der Waals surface area contributed by atoms with Crippen LogP contribution in [0.1, 0.15) is 6.42 Å². The highest BCUT2D eigenvalue weighted by Crippen LogP contribution is 2.22. The van der Waals surface area contributed by atoms with E-state index in [4.69, 9.17) is 5.73 Å². The molecule has 17 heavy (non-hydrogen) atoms. The molecule has 0 spiro atoms. The smallest absolute Gasteiger partial charge is 0.241 e. The maximum Gasteiger partial charge on any atom is 0.241 e. The highest BCUT2D eigenvalue weighted by molar-refractivity contribution is 7.91. The summed E-state index contributed by atoms with van der Waals surface area (Å²) in [6.45, 7) is 1.61. The SMILES string of the molecule is CN1CCN(C2CCS(=O)(=O)C2)C(CN)C1=O. The number of carbonyl (C=O) groups is 1. The van der Waals surface area contributed by atoms with Crippen molar-refractivity contribution in [3.63, 3.8) is 0 Å². The Morgan fingerprint density at radius 2 is 2.12 bits per heavy atom. The van der Waals surface area contributed by atoms with Gasteiger partial charge in [0, 0.05) is 32.7 Å². The summed E-state index contributed by atoms with van der Waals surface area (Å²) in [7, 11) is -1.16. The Morgan fingerprint density at radius 3 is 2.65 bits per heavy atom. The normalized spacial score (nSPS) is 34.2. The minimum absolute atomic E-state index is 0.00282. The lowest BCUT2D eigenvalue weighted by Gasteiger charge is -2.41. The molecule has 6 nitrogen and oxygen atoms in total. The van der Waals surface area contributed by atoms with Gasteiger partial charge in [0.25, 0.3) is 0 Å². The van der Waals surface area contributed by atoms with Crippen LogP contribution in [0.15, 0.2) is 0 Å². The second-order valence-electron chi connectivity index (χ2n) is 4.81. The molecule has 2 atom stereocenters. The Kier molecular flexibility index (Phi) is 3.42. The molecule has 2 rings (SSSR count). The molecule has 7 heteroatoms. The fraction of sp³-hybridized carbons (Fsp3) is 0.900. The van der Waals surface area contributed by atoms with E-state index in [2.05, 4.69) is 0 Å². The van der Waals surface area contributed by atoms with Crippen molar-refractivity contribution >= 4 is 15.7 Å². The maximum atomic E-state index is 11.9. The summed E-state index contributed by atoms with van der Waals surface area (Å²) in [4.78, 5) is 15.6. The molecule has 2 aliphatic heterocycles. The molecule has 2 aliphatic rings. The third-order valence-corrected chi connectivity index (χ3v) is 5.41. The van der Waals surface area contributed by atoms with Gasteiger partial charge in [-0.2, -0.15) is 0 Å². The summed E-state index contributed by atoms with van der Waals surface area (Å²) in [5.74, 6) is 0.402. The third kappa shape index (κ3) is 2.46. The van der Waals surface area contributed by atoms with Crippen LogP contribution in [0.4, 0.5) is 0 Å². The van der Waals surface area contributed by atoms with E-state index in [1.165, 1.54) is 0 Å². The lowest BCUT2D eigenvalue weighted by atomic mass is 10.1. The summed E-state index contributed by atoms with van der Waals surface area (Å²) in [5.41, 5.74) is 5.64. The third-order valence-electron chi connectivity index (χ3n) is 3.66. The largest absolute Gasteiger partial charge is 0.343 e. The quantitative estimate of drug-likeness (QED) is 0.639. The van der Waals surface area contributed by atoms with Crippen LogP contribution in [0.5, 0.6) is 0 Å². The fourth-order valence-electron chi connectivity index (χ4n) is 2.64. The van der Waals surface area contributed by atoms with Crippen LogP contribution in [0.2, 0.25) is 0 Å². The van der Waals surface area contributed by atoms with Crippen molar-refractivity contribution in [3.8, 4) is 0 Å². The molecule has 0 bridgehead atoms. The number of hydrogen-bond donors (Lipinski definition) is 1. The Balaban J connectivity index is 2.13. The lowest BCUT2D eigenvalue weighted by molar-refractivity contribution is -0.140. The molecule has 98 valence electrons. The summed E-state index contributed by atoms with van der Waals surface area (Å²) < 4.78 is 22.9. The monoisotopic (exact) mass is 261 g/mol. The van der Waals surface area contributed by atoms with Gasteiger partial charge in [0.15, 0.2) is 9.84 Å². The van der Waals surface area contributed by atoms with Crippen molar-refractivity contribution in [2.75, 3.05) is 38.2 Å². The van der Waals surface area contributed by atoms with Gasteiger partial charge in [-0.1, -0.05) is 0 Å². The van der Waals surface area contributed by atoms with Crippen molar-refractivity contribution in [1.29, 1.82) is 0 Å². The highest BCUT2D eigenvalue weighted by Gasteiger charge is 2.40. The Morgan fingerprint density at radius 1 is 1.41 bits per heavy atom. The molecular formula is C10H19N3O3S. The van der Waals surface area contributed by atoms with E-state index < -0.39 is 9.84 Å². The number of rotatable bonds is 2. The molecule has 0 saturated carbocycles. The zero-order valence-corrected chi connectivity index (χ0v) is 10.8. The molecule has 2 fully saturated rings. The molecule has 0 aromatic rings. The molecule has 1 amide bonds. The molecule has 2 N–H and O–H groups in total. The van der Waals surface area contributed by atoms with Crippen LogP contribution in [0.3, 0.4) is 0 Å². The van der Waals surface area contributed by atoms with Gasteiger partial charge in [-0.15, -0.1) is 0 Å². The van der Waals surface area contributed by atoms with E-state index in [0.29, 0.717) is 19.5 Å². The van der Waals surface area contributed by atoms with E-state index in [-0.39, 0.29) is 36.0 Å². The van der Waals surface area contributed by atoms with E-state index in [1.54, 1.807) is 11.9 Å². The maximum absolute atomic E-state index is 11.9. The second-order valence-corrected chi connectivity index (χ2v) is 7.03. The Hall–Kier alpha value is -0.660. The van der Waals surface area contributed by atoms with Crippen LogP contribution < -0.4 is 5.73 Å². The second kappa shape index (κ2) is 4.55. The van der Waals surface area contributed by atoms with E-state index in [0.717, 1.165) is 0 Å². The molecule has 2 saturated heterocycles. The number of nitrogens with zero attached hydrogens (tertiary/aromatic N) is 2. The molecule has 0 radical (unpaired) electrons. The average molecular weight is 261 g/mol. The van der Waals surface area contributed by atoms with Crippen LogP contribution in [0, 0.1) is 0 Å². The predicted molar refractivity (Wildman–Crippen MR) is 64.2 cm³/mol. The van der Waals surface area contributed by atoms with Crippen molar-refractivity contribution in [2.24, 2.45) is 5.73 Å². The van der Waals surface area contributed by atoms with Crippen LogP contribution in [0.25, 0.3) is 0 Å². The highest BCUT2D eigenvalue weighted by atomic mass is 32.2. The summed E-state index contributed by atoms with van der Waals surface area (Å²) >= 11 is 0. The first kappa shape index (κ1) is 12.8. The Labute approximate surface area is 102 Å². The first-order valence-electron chi connectivity index (χ1n) is 5.86. The number of sulfone groups is 1. The van der Waals surface area contributed by atoms with Crippen molar-refractivity contribution in [2.45, 2.75) is 18.5 Å². The van der Waals surface area contributed by atoms with Gasteiger partial charge in [-0.25, -0.2) is 8.42 Å². The van der Waals surface area contributed by atoms with Gasteiger partial charge in [0.05, 0.1) is 11.5 Å². The topological polar surface area (TPSA) is 83.7 Å². The molecular weight excluding hydrogens is 242 g/mol. The van der Waals surface area contributed by atoms with Gasteiger partial charge in [-0.3, -0.25) is 9.69 Å². The zero-order valence-electron chi connectivity index (χ0n) is 10.0. The number of nitrogens with two attached hydrogens (primary N) is 1. The minimum Gasteiger partial charge on any atom is -0.343 e. The molecule has 0 aliphatic carbocycles. The summed E-state index contributed by atoms with van der Waals surface area (Å²) in [5, 5.41) is 0. The van der Waals surface area contributed by atoms with Crippen molar-refractivity contribution in [1.82, 2.24) is 9.80 Å². The first-order valence-corrected chi connectivity index (χ1v) is 7.68. The number of hydrogen-bond acceptors (Lipinski definition) is 5. The predicted octanol–water partition coefficient (Wildman–Crippen LogP) is -1.73. The molecule has 2 unspecified atom stereocenters. The number of amides is 1. The van der Waals surface area contributed by atoms with Crippen LogP contribution >= 0.6 is 0 Å². The van der Waals surface area contributed by atoms with Gasteiger partial charge in [0.2, 0.25) is 5.91 Å². The van der Waals surface area contributed by atoms with E-state index in [9.17, 15) is 13.2 Å². The lowest BCUT2D eigenvalue weighted by Crippen LogP contribution is -2.61. The van der Waals surface area contributed by atoms with E-state index in [1.807, 2.05) is 4.90 Å². The van der Waals surface area contributed by atoms with Gasteiger partial charge in [-0.05, 0) is 6.42 Å². The van der Waals surface area contributed by atoms with Gasteiger partial charge < -0.3 is 10.6 Å². The molecule has 2 heterocycles. The zero-order chi connectivity index (χ0) is 12.6. The average Bonchev–Trinajstić information content (AvgIpc) is 2.62. The van der Waals surface area contributed by atoms with E-state index >= 15 is 0 Å². The molecule has 0 aromatic heterocycles. The standard InChI is InChI=1S/C10H19N3O3S/c1-12-3-4-13(9(6-11)10(12)14)8-2-5-17(15,16)7-8/h8-9H,2-7,11H2,1H3. The van der Waals surface area contributed by atoms with Crippen LogP contribution in [-0.2, 0) is 14.6 Å². The fourth-order valence-corrected chi connectivity index (χ4v) is 4.38. The number of piperazine rings is 1. The summed E-state index contributed by atoms with van der Waals surface area (Å²) in [6.07, 6.45) is 0.621. The van der Waals surface area contributed by atoms with Crippen molar-refractivity contribution in [3.05, 3.63) is 0 Å². The van der Waals surface area contributed by atoms with Crippen LogP contribution in [-0.4, -0.2) is 74.4 Å². The van der Waals surface area contributed by atoms with Gasteiger partial charge >= 0.3 is 0 Å². The molecule has 0 aromatic carbocycles. The van der Waals surface area contributed by atoms with Crippen molar-refractivity contribution < 1.29 is 13.2 Å². The summed E-state index contributed by atoms with van der Waals surface area (Å²) in [6, 6.07) is -0.391. The Bertz CT molecular complexity index is 409. The number of carbonyl (C=O) groups excluding carboxylic acids is 1. The number of likely N-dealkylation sites (N-methyl/N-ethyl adjacent to an activating group) is 1. The minimum atomic E-state index is -2.91.